The molecule has 0 saturated heterocycles. The predicted molar refractivity (Wildman–Crippen MR) is 74.7 cm³/mol. The van der Waals surface area contributed by atoms with Crippen molar-refractivity contribution >= 4 is 47.5 Å². The van der Waals surface area contributed by atoms with Gasteiger partial charge in [-0.1, -0.05) is 41.8 Å². The normalized spacial score (nSPS) is 13.0. The Morgan fingerprint density at radius 2 is 2.07 bits per heavy atom. The van der Waals surface area contributed by atoms with Crippen LogP contribution in [0.1, 0.15) is 19.8 Å². The largest absolute Gasteiger partial charge is 0.179 e. The molecule has 0 fully saturated rings. The van der Waals surface area contributed by atoms with Gasteiger partial charge in [-0.25, -0.2) is 0 Å². The molecule has 2 nitrogen and oxygen atoms in total. The van der Waals surface area contributed by atoms with Crippen molar-refractivity contribution < 1.29 is 0 Å². The number of rotatable bonds is 7. The van der Waals surface area contributed by atoms with Crippen molar-refractivity contribution in [2.45, 2.75) is 28.4 Å². The van der Waals surface area contributed by atoms with Crippen LogP contribution in [0.25, 0.3) is 0 Å². The molecular weight excluding hydrogens is 264 g/mol. The van der Waals surface area contributed by atoms with Crippen molar-refractivity contribution in [2.75, 3.05) is 17.8 Å². The van der Waals surface area contributed by atoms with Crippen LogP contribution in [0.5, 0.6) is 0 Å². The molecule has 0 amide bonds. The molecule has 0 aromatic carbocycles. The molecule has 0 aliphatic rings. The molecule has 86 valence electrons. The lowest BCUT2D eigenvalue weighted by atomic mass is 10.1. The molecule has 0 saturated carbocycles. The molecule has 0 radical (unpaired) electrons. The van der Waals surface area contributed by atoms with Crippen LogP contribution in [0.15, 0.2) is 8.68 Å². The van der Waals surface area contributed by atoms with E-state index in [2.05, 4.69) is 29.7 Å². The summed E-state index contributed by atoms with van der Waals surface area (Å²) in [5.41, 5.74) is 0. The maximum atomic E-state index is 4.24. The van der Waals surface area contributed by atoms with E-state index in [-0.39, 0.29) is 0 Å². The van der Waals surface area contributed by atoms with Gasteiger partial charge in [-0.3, -0.25) is 0 Å². The average molecular weight is 281 g/mol. The Bertz CT molecular complexity index is 277. The summed E-state index contributed by atoms with van der Waals surface area (Å²) < 4.78 is 2.15. The van der Waals surface area contributed by atoms with E-state index < -0.39 is 0 Å². The summed E-state index contributed by atoms with van der Waals surface area (Å²) in [7, 11) is 0. The van der Waals surface area contributed by atoms with Gasteiger partial charge in [0.25, 0.3) is 0 Å². The fourth-order valence-electron chi connectivity index (χ4n) is 1.05. The molecule has 1 heterocycles. The van der Waals surface area contributed by atoms with Crippen LogP contribution in [0.4, 0.5) is 0 Å². The number of hydrogen-bond acceptors (Lipinski definition) is 6. The minimum Gasteiger partial charge on any atom is -0.179 e. The van der Waals surface area contributed by atoms with Crippen LogP contribution >= 0.6 is 47.5 Å². The second kappa shape index (κ2) is 7.81. The highest BCUT2D eigenvalue weighted by molar-refractivity contribution is 8.02. The van der Waals surface area contributed by atoms with Crippen LogP contribution in [0.3, 0.4) is 0 Å². The smallest absolute Gasteiger partial charge is 0.175 e. The van der Waals surface area contributed by atoms with Crippen LogP contribution in [0, 0.1) is 5.92 Å². The summed E-state index contributed by atoms with van der Waals surface area (Å²) in [6.07, 6.45) is 4.47. The maximum Gasteiger partial charge on any atom is 0.175 e. The van der Waals surface area contributed by atoms with E-state index in [4.69, 9.17) is 0 Å². The molecule has 0 spiro atoms. The maximum absolute atomic E-state index is 4.24. The highest BCUT2D eigenvalue weighted by Crippen LogP contribution is 2.28. The fraction of sp³-hybridized carbons (Fsp3) is 0.778. The molecule has 0 aliphatic carbocycles. The first-order valence-corrected chi connectivity index (χ1v) is 8.53. The van der Waals surface area contributed by atoms with E-state index in [1.165, 1.54) is 12.8 Å². The number of thiol groups is 1. The molecule has 1 aromatic rings. The van der Waals surface area contributed by atoms with Gasteiger partial charge >= 0.3 is 0 Å². The standard InChI is InChI=1S/C9H16N2S4/c1-7(3-5-12)4-6-14-9-11-10-8(13-2)15-9/h7,12H,3-6H2,1-2H3. The first-order chi connectivity index (χ1) is 7.26. The summed E-state index contributed by atoms with van der Waals surface area (Å²) in [6.45, 7) is 2.28. The van der Waals surface area contributed by atoms with E-state index >= 15 is 0 Å². The van der Waals surface area contributed by atoms with Crippen molar-refractivity contribution in [1.29, 1.82) is 0 Å². The van der Waals surface area contributed by atoms with Gasteiger partial charge in [0.15, 0.2) is 8.68 Å². The third kappa shape index (κ3) is 5.47. The van der Waals surface area contributed by atoms with E-state index in [1.807, 2.05) is 18.0 Å². The molecule has 0 aliphatic heterocycles. The molecule has 15 heavy (non-hydrogen) atoms. The quantitative estimate of drug-likeness (QED) is 0.608. The van der Waals surface area contributed by atoms with Gasteiger partial charge in [0.05, 0.1) is 0 Å². The lowest BCUT2D eigenvalue weighted by Crippen LogP contribution is -1.97. The molecule has 1 aromatic heterocycles. The molecule has 1 rings (SSSR count). The molecule has 6 heteroatoms. The van der Waals surface area contributed by atoms with Crippen LogP contribution in [-0.2, 0) is 0 Å². The lowest BCUT2D eigenvalue weighted by molar-refractivity contribution is 0.554. The van der Waals surface area contributed by atoms with Crippen molar-refractivity contribution in [2.24, 2.45) is 5.92 Å². The van der Waals surface area contributed by atoms with E-state index in [0.29, 0.717) is 0 Å². The number of aromatic nitrogens is 2. The molecule has 0 bridgehead atoms. The van der Waals surface area contributed by atoms with Crippen LogP contribution < -0.4 is 0 Å². The zero-order valence-corrected chi connectivity index (χ0v) is 12.3. The van der Waals surface area contributed by atoms with Gasteiger partial charge in [-0.15, -0.1) is 10.2 Å². The Balaban J connectivity index is 2.19. The van der Waals surface area contributed by atoms with Crippen molar-refractivity contribution in [3.8, 4) is 0 Å². The average Bonchev–Trinajstić information content (AvgIpc) is 2.66. The van der Waals surface area contributed by atoms with E-state index in [9.17, 15) is 0 Å². The zero-order valence-electron chi connectivity index (χ0n) is 8.97. The minimum absolute atomic E-state index is 0.767. The zero-order chi connectivity index (χ0) is 11.1. The Morgan fingerprint density at radius 1 is 1.33 bits per heavy atom. The third-order valence-corrected chi connectivity index (χ3v) is 5.34. The molecule has 1 atom stereocenters. The van der Waals surface area contributed by atoms with Gasteiger partial charge in [-0.2, -0.15) is 12.6 Å². The lowest BCUT2D eigenvalue weighted by Gasteiger charge is -2.07. The Morgan fingerprint density at radius 3 is 2.67 bits per heavy atom. The molecular formula is C9H16N2S4. The first-order valence-electron chi connectivity index (χ1n) is 4.87. The number of nitrogens with zero attached hydrogens (tertiary/aromatic N) is 2. The second-order valence-electron chi connectivity index (χ2n) is 3.29. The minimum atomic E-state index is 0.767. The van der Waals surface area contributed by atoms with E-state index in [0.717, 1.165) is 26.1 Å². The monoisotopic (exact) mass is 280 g/mol. The second-order valence-corrected chi connectivity index (χ2v) is 7.11. The van der Waals surface area contributed by atoms with Gasteiger partial charge in [0, 0.05) is 5.75 Å². The molecule has 1 unspecified atom stereocenters. The SMILES string of the molecule is CSc1nnc(SCCC(C)CCS)s1. The summed E-state index contributed by atoms with van der Waals surface area (Å²) in [4.78, 5) is 0. The first kappa shape index (κ1) is 13.7. The van der Waals surface area contributed by atoms with E-state index in [1.54, 1.807) is 23.1 Å². The predicted octanol–water partition coefficient (Wildman–Crippen LogP) is 3.70. The highest BCUT2D eigenvalue weighted by Gasteiger charge is 2.05. The summed E-state index contributed by atoms with van der Waals surface area (Å²) in [5, 5.41) is 8.19. The third-order valence-electron chi connectivity index (χ3n) is 2.02. The van der Waals surface area contributed by atoms with Gasteiger partial charge in [0.2, 0.25) is 0 Å². The fourth-order valence-corrected chi connectivity index (χ4v) is 4.17. The molecule has 0 N–H and O–H groups in total. The topological polar surface area (TPSA) is 25.8 Å². The van der Waals surface area contributed by atoms with Crippen LogP contribution in [0.2, 0.25) is 0 Å². The van der Waals surface area contributed by atoms with Gasteiger partial charge in [-0.05, 0) is 30.8 Å². The van der Waals surface area contributed by atoms with Gasteiger partial charge in [0.1, 0.15) is 0 Å². The number of thioether (sulfide) groups is 2. The van der Waals surface area contributed by atoms with Crippen molar-refractivity contribution in [3.05, 3.63) is 0 Å². The Kier molecular flexibility index (Phi) is 7.12. The van der Waals surface area contributed by atoms with Gasteiger partial charge < -0.3 is 0 Å². The Labute approximate surface area is 109 Å². The van der Waals surface area contributed by atoms with Crippen molar-refractivity contribution in [1.82, 2.24) is 10.2 Å². The summed E-state index contributed by atoms with van der Waals surface area (Å²) >= 11 is 9.40. The van der Waals surface area contributed by atoms with Crippen LogP contribution in [-0.4, -0.2) is 28.0 Å². The number of hydrogen-bond donors (Lipinski definition) is 1. The Hall–Kier alpha value is 0.610. The van der Waals surface area contributed by atoms with Crippen molar-refractivity contribution in [3.63, 3.8) is 0 Å². The highest BCUT2D eigenvalue weighted by atomic mass is 32.2. The summed E-state index contributed by atoms with van der Waals surface area (Å²) in [6, 6.07) is 0. The summed E-state index contributed by atoms with van der Waals surface area (Å²) in [5.74, 6) is 2.89.